The highest BCUT2D eigenvalue weighted by atomic mass is 16.6. The van der Waals surface area contributed by atoms with Crippen LogP contribution in [0.5, 0.6) is 5.75 Å². The highest BCUT2D eigenvalue weighted by molar-refractivity contribution is 5.69. The molecule has 25 heavy (non-hydrogen) atoms. The lowest BCUT2D eigenvalue weighted by Gasteiger charge is -2.36. The molecule has 1 unspecified atom stereocenters. The first-order valence-electron chi connectivity index (χ1n) is 9.44. The van der Waals surface area contributed by atoms with Crippen LogP contribution in [0.2, 0.25) is 0 Å². The molecule has 1 aromatic carbocycles. The van der Waals surface area contributed by atoms with Gasteiger partial charge in [0.1, 0.15) is 5.75 Å². The summed E-state index contributed by atoms with van der Waals surface area (Å²) in [6, 6.07) is 4.46. The molecule has 0 aromatic heterocycles. The van der Waals surface area contributed by atoms with Gasteiger partial charge in [-0.3, -0.25) is 4.90 Å². The number of fused-ring (bicyclic) bond motifs is 1. The molecule has 1 atom stereocenters. The van der Waals surface area contributed by atoms with Crippen LogP contribution in [-0.4, -0.2) is 49.2 Å². The summed E-state index contributed by atoms with van der Waals surface area (Å²) < 4.78 is 10.9. The first-order valence-corrected chi connectivity index (χ1v) is 9.44. The van der Waals surface area contributed by atoms with Crippen LogP contribution in [0.4, 0.5) is 4.79 Å². The summed E-state index contributed by atoms with van der Waals surface area (Å²) in [6.07, 6.45) is 1.51. The van der Waals surface area contributed by atoms with E-state index in [0.29, 0.717) is 13.2 Å². The lowest BCUT2D eigenvalue weighted by Crippen LogP contribution is -2.40. The van der Waals surface area contributed by atoms with Crippen molar-refractivity contribution in [2.24, 2.45) is 0 Å². The Morgan fingerprint density at radius 2 is 1.96 bits per heavy atom. The SMILES string of the molecule is CCOC(=O)N1CCc2cc(CN(CC)CC)c(OC)cc2C1CC. The van der Waals surface area contributed by atoms with Crippen molar-refractivity contribution in [3.8, 4) is 5.75 Å². The molecule has 1 aromatic rings. The Labute approximate surface area is 151 Å². The first-order chi connectivity index (χ1) is 12.1. The Bertz CT molecular complexity index is 585. The van der Waals surface area contributed by atoms with Crippen LogP contribution in [-0.2, 0) is 17.7 Å². The molecule has 0 saturated carbocycles. The van der Waals surface area contributed by atoms with Gasteiger partial charge in [0.25, 0.3) is 0 Å². The monoisotopic (exact) mass is 348 g/mol. The van der Waals surface area contributed by atoms with Crippen LogP contribution in [0.25, 0.3) is 0 Å². The second-order valence-corrected chi connectivity index (χ2v) is 6.39. The molecule has 1 heterocycles. The Hall–Kier alpha value is -1.75. The third-order valence-electron chi connectivity index (χ3n) is 5.08. The van der Waals surface area contributed by atoms with E-state index in [2.05, 4.69) is 37.8 Å². The number of nitrogens with zero attached hydrogens (tertiary/aromatic N) is 2. The number of amides is 1. The van der Waals surface area contributed by atoms with Gasteiger partial charge in [-0.2, -0.15) is 0 Å². The van der Waals surface area contributed by atoms with Crippen molar-refractivity contribution >= 4 is 6.09 Å². The third-order valence-corrected chi connectivity index (χ3v) is 5.08. The Morgan fingerprint density at radius 3 is 2.52 bits per heavy atom. The summed E-state index contributed by atoms with van der Waals surface area (Å²) in [6.45, 7) is 12.4. The second kappa shape index (κ2) is 9.09. The largest absolute Gasteiger partial charge is 0.496 e. The van der Waals surface area contributed by atoms with E-state index in [1.54, 1.807) is 7.11 Å². The van der Waals surface area contributed by atoms with Gasteiger partial charge in [0, 0.05) is 18.7 Å². The van der Waals surface area contributed by atoms with Crippen LogP contribution in [0.15, 0.2) is 12.1 Å². The number of ether oxygens (including phenoxy) is 2. The molecule has 0 bridgehead atoms. The van der Waals surface area contributed by atoms with Crippen LogP contribution in [0.1, 0.15) is 56.8 Å². The predicted molar refractivity (Wildman–Crippen MR) is 100 cm³/mol. The molecule has 1 amide bonds. The number of hydrogen-bond acceptors (Lipinski definition) is 4. The van der Waals surface area contributed by atoms with Crippen molar-refractivity contribution in [1.29, 1.82) is 0 Å². The van der Waals surface area contributed by atoms with E-state index in [1.165, 1.54) is 16.7 Å². The van der Waals surface area contributed by atoms with Crippen molar-refractivity contribution in [2.45, 2.75) is 53.1 Å². The van der Waals surface area contributed by atoms with Gasteiger partial charge in [-0.05, 0) is 50.0 Å². The summed E-state index contributed by atoms with van der Waals surface area (Å²) in [5.74, 6) is 0.912. The molecule has 0 N–H and O–H groups in total. The molecule has 0 aliphatic carbocycles. The van der Waals surface area contributed by atoms with Gasteiger partial charge >= 0.3 is 6.09 Å². The maximum absolute atomic E-state index is 12.3. The first kappa shape index (κ1) is 19.6. The topological polar surface area (TPSA) is 42.0 Å². The molecular weight excluding hydrogens is 316 g/mol. The molecular formula is C20H32N2O3. The van der Waals surface area contributed by atoms with Gasteiger partial charge in [0.15, 0.2) is 0 Å². The zero-order valence-electron chi connectivity index (χ0n) is 16.3. The smallest absolute Gasteiger partial charge is 0.410 e. The highest BCUT2D eigenvalue weighted by Crippen LogP contribution is 2.37. The Morgan fingerprint density at radius 1 is 1.24 bits per heavy atom. The number of carbonyl (C=O) groups excluding carboxylic acids is 1. The van der Waals surface area contributed by atoms with Gasteiger partial charge in [0.05, 0.1) is 19.8 Å². The quantitative estimate of drug-likeness (QED) is 0.747. The van der Waals surface area contributed by atoms with E-state index >= 15 is 0 Å². The van der Waals surface area contributed by atoms with E-state index in [9.17, 15) is 4.79 Å². The minimum atomic E-state index is -0.216. The number of carbonyl (C=O) groups is 1. The number of hydrogen-bond donors (Lipinski definition) is 0. The minimum absolute atomic E-state index is 0.0548. The molecule has 140 valence electrons. The molecule has 1 aliphatic heterocycles. The predicted octanol–water partition coefficient (Wildman–Crippen LogP) is 4.00. The lowest BCUT2D eigenvalue weighted by molar-refractivity contribution is 0.0854. The summed E-state index contributed by atoms with van der Waals surface area (Å²) in [5, 5.41) is 0. The van der Waals surface area contributed by atoms with E-state index in [0.717, 1.165) is 38.2 Å². The van der Waals surface area contributed by atoms with Crippen molar-refractivity contribution in [1.82, 2.24) is 9.80 Å². The van der Waals surface area contributed by atoms with Crippen molar-refractivity contribution in [2.75, 3.05) is 33.4 Å². The zero-order valence-corrected chi connectivity index (χ0v) is 16.3. The molecule has 0 saturated heterocycles. The number of rotatable bonds is 7. The van der Waals surface area contributed by atoms with Gasteiger partial charge in [-0.1, -0.05) is 26.8 Å². The van der Waals surface area contributed by atoms with Gasteiger partial charge in [-0.25, -0.2) is 4.79 Å². The normalized spacial score (nSPS) is 16.7. The molecule has 2 rings (SSSR count). The van der Waals surface area contributed by atoms with Gasteiger partial charge in [-0.15, -0.1) is 0 Å². The highest BCUT2D eigenvalue weighted by Gasteiger charge is 2.31. The van der Waals surface area contributed by atoms with E-state index in [1.807, 2.05) is 11.8 Å². The second-order valence-electron chi connectivity index (χ2n) is 6.39. The Balaban J connectivity index is 2.36. The molecule has 0 fully saturated rings. The Kier molecular flexibility index (Phi) is 7.12. The summed E-state index contributed by atoms with van der Waals surface area (Å²) in [5.41, 5.74) is 3.75. The maximum Gasteiger partial charge on any atom is 0.410 e. The van der Waals surface area contributed by atoms with E-state index in [-0.39, 0.29) is 12.1 Å². The van der Waals surface area contributed by atoms with Crippen molar-refractivity contribution < 1.29 is 14.3 Å². The lowest BCUT2D eigenvalue weighted by atomic mass is 9.89. The molecule has 0 spiro atoms. The third kappa shape index (κ3) is 4.27. The molecule has 5 heteroatoms. The number of benzene rings is 1. The zero-order chi connectivity index (χ0) is 18.4. The van der Waals surface area contributed by atoms with Gasteiger partial charge < -0.3 is 14.4 Å². The fourth-order valence-corrected chi connectivity index (χ4v) is 3.65. The summed E-state index contributed by atoms with van der Waals surface area (Å²) in [7, 11) is 1.72. The average molecular weight is 348 g/mol. The minimum Gasteiger partial charge on any atom is -0.496 e. The van der Waals surface area contributed by atoms with Crippen molar-refractivity contribution in [3.05, 3.63) is 28.8 Å². The van der Waals surface area contributed by atoms with Crippen LogP contribution >= 0.6 is 0 Å². The molecule has 5 nitrogen and oxygen atoms in total. The van der Waals surface area contributed by atoms with E-state index < -0.39 is 0 Å². The fraction of sp³-hybridized carbons (Fsp3) is 0.650. The fourth-order valence-electron chi connectivity index (χ4n) is 3.65. The van der Waals surface area contributed by atoms with Crippen LogP contribution < -0.4 is 4.74 Å². The van der Waals surface area contributed by atoms with Gasteiger partial charge in [0.2, 0.25) is 0 Å². The van der Waals surface area contributed by atoms with Crippen LogP contribution in [0.3, 0.4) is 0 Å². The van der Waals surface area contributed by atoms with Crippen LogP contribution in [0, 0.1) is 0 Å². The summed E-state index contributed by atoms with van der Waals surface area (Å²) in [4.78, 5) is 16.5. The van der Waals surface area contributed by atoms with Crippen molar-refractivity contribution in [3.63, 3.8) is 0 Å². The summed E-state index contributed by atoms with van der Waals surface area (Å²) >= 11 is 0. The maximum atomic E-state index is 12.3. The molecule has 1 aliphatic rings. The standard InChI is InChI=1S/C20H32N2O3/c1-6-18-17-13-19(24-5)16(14-21(7-2)8-3)12-15(17)10-11-22(18)20(23)25-9-4/h12-13,18H,6-11,14H2,1-5H3. The average Bonchev–Trinajstić information content (AvgIpc) is 2.64. The van der Waals surface area contributed by atoms with E-state index in [4.69, 9.17) is 9.47 Å². The number of methoxy groups -OCH3 is 1. The molecule has 0 radical (unpaired) electrons.